The van der Waals surface area contributed by atoms with Crippen molar-refractivity contribution in [2.45, 2.75) is 19.4 Å². The number of aromatic hydroxyl groups is 1. The molecule has 4 rings (SSSR count). The minimum atomic E-state index is -0.876. The molecule has 3 atom stereocenters. The van der Waals surface area contributed by atoms with Gasteiger partial charge in [-0.15, -0.1) is 0 Å². The van der Waals surface area contributed by atoms with E-state index in [1.165, 1.54) is 14.2 Å². The third-order valence-electron chi connectivity index (χ3n) is 5.83. The van der Waals surface area contributed by atoms with Gasteiger partial charge in [-0.05, 0) is 58.1 Å². The Labute approximate surface area is 188 Å². The molecule has 2 aromatic rings. The fraction of sp³-hybridized carbons (Fsp3) is 0.304. The molecule has 1 aliphatic heterocycles. The van der Waals surface area contributed by atoms with Crippen molar-refractivity contribution in [2.75, 3.05) is 24.9 Å². The number of phenols is 1. The van der Waals surface area contributed by atoms with Crippen molar-refractivity contribution in [2.24, 2.45) is 11.8 Å². The minimum absolute atomic E-state index is 0.0244. The Hall–Kier alpha value is -3.00. The molecule has 0 saturated carbocycles. The number of methoxy groups -OCH3 is 2. The number of ether oxygens (including phenoxy) is 2. The molecule has 0 fully saturated rings. The smallest absolute Gasteiger partial charge is 0.316 e. The number of carbonyl (C=O) groups is 2. The van der Waals surface area contributed by atoms with Gasteiger partial charge < -0.3 is 25.2 Å². The number of benzene rings is 2. The topological polar surface area (TPSA) is 96.9 Å². The lowest BCUT2D eigenvalue weighted by atomic mass is 9.75. The number of esters is 1. The van der Waals surface area contributed by atoms with E-state index in [4.69, 9.17) is 9.47 Å². The molecular weight excluding hydrogens is 464 g/mol. The summed E-state index contributed by atoms with van der Waals surface area (Å²) in [5.74, 6) is -1.64. The molecule has 3 N–H and O–H groups in total. The van der Waals surface area contributed by atoms with Crippen molar-refractivity contribution in [1.82, 2.24) is 0 Å². The number of Topliss-reactive ketones (excluding diaryl/α,β-unsaturated/α-hetero) is 1. The van der Waals surface area contributed by atoms with Crippen molar-refractivity contribution < 1.29 is 24.2 Å². The molecule has 0 aromatic heterocycles. The molecule has 2 aliphatic rings. The number of fused-ring (bicyclic) bond motifs is 1. The molecule has 0 spiro atoms. The molecule has 1 aliphatic carbocycles. The summed E-state index contributed by atoms with van der Waals surface area (Å²) in [6.07, 6.45) is 0.518. The first kappa shape index (κ1) is 21.2. The second kappa shape index (κ2) is 8.26. The SMILES string of the molecule is COC(=O)[C@H]1C(=O)C2=C(C[C@@H]1C)Nc1ccccc1N[C@H]2c1cc(Br)c(O)c(OC)c1. The van der Waals surface area contributed by atoms with Gasteiger partial charge in [0.1, 0.15) is 5.92 Å². The number of halogens is 1. The zero-order valence-electron chi connectivity index (χ0n) is 17.4. The third-order valence-corrected chi connectivity index (χ3v) is 6.43. The third kappa shape index (κ3) is 3.65. The predicted molar refractivity (Wildman–Crippen MR) is 120 cm³/mol. The Balaban J connectivity index is 1.91. The van der Waals surface area contributed by atoms with Gasteiger partial charge in [-0.1, -0.05) is 19.1 Å². The number of carbonyl (C=O) groups excluding carboxylic acids is 2. The van der Waals surface area contributed by atoms with Crippen LogP contribution in [0.2, 0.25) is 0 Å². The maximum Gasteiger partial charge on any atom is 0.316 e. The summed E-state index contributed by atoms with van der Waals surface area (Å²) in [5.41, 5.74) is 3.62. The number of allylic oxidation sites excluding steroid dienone is 1. The van der Waals surface area contributed by atoms with Crippen LogP contribution in [-0.2, 0) is 14.3 Å². The quantitative estimate of drug-likeness (QED) is 0.437. The molecule has 7 nitrogen and oxygen atoms in total. The fourth-order valence-corrected chi connectivity index (χ4v) is 4.76. The van der Waals surface area contributed by atoms with Crippen molar-refractivity contribution in [1.29, 1.82) is 0 Å². The Morgan fingerprint density at radius 2 is 1.90 bits per heavy atom. The Kier molecular flexibility index (Phi) is 5.66. The van der Waals surface area contributed by atoms with E-state index < -0.39 is 17.9 Å². The maximum absolute atomic E-state index is 13.6. The van der Waals surface area contributed by atoms with Crippen molar-refractivity contribution in [3.05, 3.63) is 57.7 Å². The van der Waals surface area contributed by atoms with Gasteiger partial charge in [-0.25, -0.2) is 0 Å². The van der Waals surface area contributed by atoms with Crippen LogP contribution in [0.4, 0.5) is 11.4 Å². The summed E-state index contributed by atoms with van der Waals surface area (Å²) in [4.78, 5) is 26.1. The number of para-hydroxylation sites is 2. The standard InChI is InChI=1S/C23H23BrN2O5/c1-11-8-16-19(22(28)18(11)23(29)31-3)20(26-15-7-5-4-6-14(15)25-16)12-9-13(24)21(27)17(10-12)30-2/h4-7,9-11,18,20,25-27H,8H2,1-3H3/t11-,18+,20-/m0/s1. The zero-order chi connectivity index (χ0) is 22.3. The number of anilines is 2. The monoisotopic (exact) mass is 486 g/mol. The van der Waals surface area contributed by atoms with Crippen molar-refractivity contribution in [3.63, 3.8) is 0 Å². The average Bonchev–Trinajstić information content (AvgIpc) is 2.91. The van der Waals surface area contributed by atoms with Crippen LogP contribution in [0.5, 0.6) is 11.5 Å². The number of ketones is 1. The molecule has 2 aromatic carbocycles. The first-order valence-corrected chi connectivity index (χ1v) is 10.7. The van der Waals surface area contributed by atoms with Gasteiger partial charge >= 0.3 is 5.97 Å². The normalized spacial score (nSPS) is 22.5. The molecule has 0 radical (unpaired) electrons. The number of phenolic OH excluding ortho intramolecular Hbond substituents is 1. The van der Waals surface area contributed by atoms with E-state index in [9.17, 15) is 14.7 Å². The molecule has 31 heavy (non-hydrogen) atoms. The molecule has 0 saturated heterocycles. The highest BCUT2D eigenvalue weighted by atomic mass is 79.9. The highest BCUT2D eigenvalue weighted by Gasteiger charge is 2.44. The van der Waals surface area contributed by atoms with E-state index in [0.717, 1.165) is 17.1 Å². The van der Waals surface area contributed by atoms with Crippen LogP contribution >= 0.6 is 15.9 Å². The first-order valence-electron chi connectivity index (χ1n) is 9.89. The van der Waals surface area contributed by atoms with Crippen molar-refractivity contribution in [3.8, 4) is 11.5 Å². The zero-order valence-corrected chi connectivity index (χ0v) is 18.9. The largest absolute Gasteiger partial charge is 0.503 e. The van der Waals surface area contributed by atoms with E-state index in [0.29, 0.717) is 22.0 Å². The summed E-state index contributed by atoms with van der Waals surface area (Å²) in [5, 5.41) is 17.1. The Morgan fingerprint density at radius 3 is 2.58 bits per heavy atom. The lowest BCUT2D eigenvalue weighted by molar-refractivity contribution is -0.151. The molecule has 0 bridgehead atoms. The fourth-order valence-electron chi connectivity index (χ4n) is 4.30. The average molecular weight is 487 g/mol. The first-order chi connectivity index (χ1) is 14.8. The summed E-state index contributed by atoms with van der Waals surface area (Å²) in [7, 11) is 2.76. The van der Waals surface area contributed by atoms with E-state index in [-0.39, 0.29) is 23.2 Å². The molecule has 1 heterocycles. The van der Waals surface area contributed by atoms with Crippen LogP contribution in [0.15, 0.2) is 52.1 Å². The van der Waals surface area contributed by atoms with Gasteiger partial charge in [0.2, 0.25) is 0 Å². The Morgan fingerprint density at radius 1 is 1.19 bits per heavy atom. The van der Waals surface area contributed by atoms with E-state index in [1.54, 1.807) is 12.1 Å². The lowest BCUT2D eigenvalue weighted by Crippen LogP contribution is -2.39. The van der Waals surface area contributed by atoms with Crippen molar-refractivity contribution >= 4 is 39.1 Å². The van der Waals surface area contributed by atoms with Gasteiger partial charge in [0, 0.05) is 11.3 Å². The molecule has 162 valence electrons. The van der Waals surface area contributed by atoms with Crippen LogP contribution in [0, 0.1) is 11.8 Å². The summed E-state index contributed by atoms with van der Waals surface area (Å²) < 4.78 is 10.7. The van der Waals surface area contributed by atoms with Gasteiger partial charge in [0.05, 0.1) is 36.1 Å². The second-order valence-corrected chi connectivity index (χ2v) is 8.59. The van der Waals surface area contributed by atoms with Gasteiger partial charge in [0.15, 0.2) is 17.3 Å². The minimum Gasteiger partial charge on any atom is -0.503 e. The Bertz CT molecular complexity index is 1100. The maximum atomic E-state index is 13.6. The van der Waals surface area contributed by atoms with Gasteiger partial charge in [0.25, 0.3) is 0 Å². The van der Waals surface area contributed by atoms with E-state index >= 15 is 0 Å². The molecule has 0 amide bonds. The van der Waals surface area contributed by atoms with Crippen LogP contribution in [0.1, 0.15) is 24.9 Å². The van der Waals surface area contributed by atoms with Crippen LogP contribution < -0.4 is 15.4 Å². The summed E-state index contributed by atoms with van der Waals surface area (Å²) in [6.45, 7) is 1.88. The van der Waals surface area contributed by atoms with E-state index in [2.05, 4.69) is 26.6 Å². The number of hydrogen-bond donors (Lipinski definition) is 3. The number of rotatable bonds is 3. The lowest BCUT2D eigenvalue weighted by Gasteiger charge is -2.32. The summed E-state index contributed by atoms with van der Waals surface area (Å²) >= 11 is 3.37. The molecule has 8 heteroatoms. The highest BCUT2D eigenvalue weighted by Crippen LogP contribution is 2.46. The van der Waals surface area contributed by atoms with E-state index in [1.807, 2.05) is 31.2 Å². The van der Waals surface area contributed by atoms with Crippen LogP contribution in [0.25, 0.3) is 0 Å². The van der Waals surface area contributed by atoms with Crippen LogP contribution in [0.3, 0.4) is 0 Å². The number of nitrogens with one attached hydrogen (secondary N) is 2. The molecular formula is C23H23BrN2O5. The number of hydrogen-bond acceptors (Lipinski definition) is 7. The second-order valence-electron chi connectivity index (χ2n) is 7.74. The van der Waals surface area contributed by atoms with Gasteiger partial charge in [-0.2, -0.15) is 0 Å². The molecule has 0 unspecified atom stereocenters. The predicted octanol–water partition coefficient (Wildman–Crippen LogP) is 4.39. The summed E-state index contributed by atoms with van der Waals surface area (Å²) in [6, 6.07) is 10.5. The highest BCUT2D eigenvalue weighted by molar-refractivity contribution is 9.10. The van der Waals surface area contributed by atoms with Gasteiger partial charge in [-0.3, -0.25) is 9.59 Å². The van der Waals surface area contributed by atoms with Crippen LogP contribution in [-0.4, -0.2) is 31.1 Å².